The van der Waals surface area contributed by atoms with Crippen molar-refractivity contribution in [3.63, 3.8) is 0 Å². The highest BCUT2D eigenvalue weighted by Crippen LogP contribution is 2.11. The molecule has 1 heterocycles. The minimum absolute atomic E-state index is 0.297. The van der Waals surface area contributed by atoms with Crippen LogP contribution in [0.25, 0.3) is 0 Å². The zero-order chi connectivity index (χ0) is 13.2. The Morgan fingerprint density at radius 1 is 1.06 bits per heavy atom. The van der Waals surface area contributed by atoms with Gasteiger partial charge >= 0.3 is 0 Å². The molecule has 0 atom stereocenters. The lowest BCUT2D eigenvalue weighted by atomic mass is 10.5. The smallest absolute Gasteiger partial charge is 0.218 e. The van der Waals surface area contributed by atoms with Crippen LogP contribution < -0.4 is 10.5 Å². The molecule has 0 radical (unpaired) electrons. The van der Waals surface area contributed by atoms with Crippen LogP contribution in [0.15, 0.2) is 6.07 Å². The number of nitrogens with two attached hydrogens (primary N) is 1. The average Bonchev–Trinajstić information content (AvgIpc) is 2.33. The summed E-state index contributed by atoms with van der Waals surface area (Å²) in [5.41, 5.74) is 5.63. The summed E-state index contributed by atoms with van der Waals surface area (Å²) in [6.07, 6.45) is 0. The van der Waals surface area contributed by atoms with E-state index < -0.39 is 0 Å². The standard InChI is InChI=1S/C11H19N3O4/c1-15-3-4-17-5-6-18-11-7-9(12)13-10(14-11)8-16-2/h7H,3-6,8H2,1-2H3,(H2,12,13,14). The first-order valence-electron chi connectivity index (χ1n) is 5.58. The van der Waals surface area contributed by atoms with E-state index in [1.165, 1.54) is 0 Å². The van der Waals surface area contributed by atoms with Crippen LogP contribution in [-0.4, -0.2) is 50.6 Å². The zero-order valence-electron chi connectivity index (χ0n) is 10.7. The fraction of sp³-hybridized carbons (Fsp3) is 0.636. The second kappa shape index (κ2) is 8.62. The van der Waals surface area contributed by atoms with E-state index in [9.17, 15) is 0 Å². The van der Waals surface area contributed by atoms with Gasteiger partial charge in [-0.1, -0.05) is 0 Å². The van der Waals surface area contributed by atoms with Crippen LogP contribution in [0.2, 0.25) is 0 Å². The molecule has 0 aliphatic carbocycles. The number of anilines is 1. The zero-order valence-corrected chi connectivity index (χ0v) is 10.7. The number of hydrogen-bond acceptors (Lipinski definition) is 7. The van der Waals surface area contributed by atoms with E-state index in [0.29, 0.717) is 50.6 Å². The highest BCUT2D eigenvalue weighted by molar-refractivity contribution is 5.32. The number of nitrogens with zero attached hydrogens (tertiary/aromatic N) is 2. The molecule has 102 valence electrons. The largest absolute Gasteiger partial charge is 0.475 e. The summed E-state index contributed by atoms with van der Waals surface area (Å²) in [7, 11) is 3.19. The van der Waals surface area contributed by atoms with Crippen molar-refractivity contribution in [1.29, 1.82) is 0 Å². The Hall–Kier alpha value is -1.44. The van der Waals surface area contributed by atoms with Gasteiger partial charge in [0.1, 0.15) is 19.0 Å². The number of ether oxygens (including phenoxy) is 4. The van der Waals surface area contributed by atoms with E-state index in [2.05, 4.69) is 9.97 Å². The number of nitrogen functional groups attached to an aromatic ring is 1. The predicted molar refractivity (Wildman–Crippen MR) is 65.3 cm³/mol. The summed E-state index contributed by atoms with van der Waals surface area (Å²) in [5, 5.41) is 0. The first-order valence-corrected chi connectivity index (χ1v) is 5.58. The van der Waals surface area contributed by atoms with Gasteiger partial charge in [0.2, 0.25) is 5.88 Å². The minimum Gasteiger partial charge on any atom is -0.475 e. The fourth-order valence-corrected chi connectivity index (χ4v) is 1.21. The van der Waals surface area contributed by atoms with Gasteiger partial charge in [0.15, 0.2) is 5.82 Å². The molecular weight excluding hydrogens is 238 g/mol. The average molecular weight is 257 g/mol. The Bertz CT molecular complexity index is 349. The summed E-state index contributed by atoms with van der Waals surface area (Å²) < 4.78 is 20.4. The molecule has 0 spiro atoms. The Kier molecular flexibility index (Phi) is 7.00. The van der Waals surface area contributed by atoms with Crippen LogP contribution in [0.3, 0.4) is 0 Å². The third-order valence-corrected chi connectivity index (χ3v) is 1.95. The van der Waals surface area contributed by atoms with Gasteiger partial charge in [-0.05, 0) is 0 Å². The topological polar surface area (TPSA) is 88.7 Å². The van der Waals surface area contributed by atoms with Crippen molar-refractivity contribution in [2.24, 2.45) is 0 Å². The summed E-state index contributed by atoms with van der Waals surface area (Å²) in [6.45, 7) is 2.27. The molecule has 0 aliphatic heterocycles. The molecule has 0 fully saturated rings. The summed E-state index contributed by atoms with van der Waals surface area (Å²) >= 11 is 0. The van der Waals surface area contributed by atoms with E-state index in [4.69, 9.17) is 24.7 Å². The molecular formula is C11H19N3O4. The van der Waals surface area contributed by atoms with Crippen molar-refractivity contribution >= 4 is 5.82 Å². The molecule has 0 aromatic carbocycles. The Balaban J connectivity index is 2.32. The van der Waals surface area contributed by atoms with Gasteiger partial charge in [-0.2, -0.15) is 4.98 Å². The molecule has 0 saturated heterocycles. The maximum atomic E-state index is 5.63. The molecule has 2 N–H and O–H groups in total. The van der Waals surface area contributed by atoms with E-state index in [0.717, 1.165) is 0 Å². The van der Waals surface area contributed by atoms with Gasteiger partial charge in [-0.3, -0.25) is 0 Å². The molecule has 7 heteroatoms. The molecule has 18 heavy (non-hydrogen) atoms. The monoisotopic (exact) mass is 257 g/mol. The van der Waals surface area contributed by atoms with Gasteiger partial charge in [-0.15, -0.1) is 0 Å². The number of hydrogen-bond donors (Lipinski definition) is 1. The molecule has 0 bridgehead atoms. The second-order valence-electron chi connectivity index (χ2n) is 3.43. The Labute approximate surface area is 106 Å². The second-order valence-corrected chi connectivity index (χ2v) is 3.43. The van der Waals surface area contributed by atoms with Crippen molar-refractivity contribution in [3.8, 4) is 5.88 Å². The summed E-state index contributed by atoms with van der Waals surface area (Å²) in [4.78, 5) is 8.14. The van der Waals surface area contributed by atoms with Crippen LogP contribution >= 0.6 is 0 Å². The van der Waals surface area contributed by atoms with Gasteiger partial charge in [0.25, 0.3) is 0 Å². The summed E-state index contributed by atoms with van der Waals surface area (Å²) in [5.74, 6) is 1.27. The quantitative estimate of drug-likeness (QED) is 0.634. The van der Waals surface area contributed by atoms with Crippen molar-refractivity contribution in [3.05, 3.63) is 11.9 Å². The summed E-state index contributed by atoms with van der Waals surface area (Å²) in [6, 6.07) is 1.56. The van der Waals surface area contributed by atoms with E-state index in [1.807, 2.05) is 0 Å². The maximum absolute atomic E-state index is 5.63. The lowest BCUT2D eigenvalue weighted by Gasteiger charge is -2.08. The minimum atomic E-state index is 0.297. The number of methoxy groups -OCH3 is 2. The van der Waals surface area contributed by atoms with E-state index in [1.54, 1.807) is 20.3 Å². The maximum Gasteiger partial charge on any atom is 0.218 e. The van der Waals surface area contributed by atoms with Gasteiger partial charge in [-0.25, -0.2) is 4.98 Å². The van der Waals surface area contributed by atoms with Crippen LogP contribution in [0.4, 0.5) is 5.82 Å². The van der Waals surface area contributed by atoms with Crippen LogP contribution in [0.1, 0.15) is 5.82 Å². The number of aromatic nitrogens is 2. The normalized spacial score (nSPS) is 10.6. The Morgan fingerprint density at radius 3 is 2.56 bits per heavy atom. The van der Waals surface area contributed by atoms with Gasteiger partial charge in [0, 0.05) is 20.3 Å². The first-order chi connectivity index (χ1) is 8.76. The van der Waals surface area contributed by atoms with Crippen molar-refractivity contribution in [1.82, 2.24) is 9.97 Å². The first kappa shape index (κ1) is 14.6. The van der Waals surface area contributed by atoms with Crippen LogP contribution in [0, 0.1) is 0 Å². The lowest BCUT2D eigenvalue weighted by Crippen LogP contribution is -2.11. The molecule has 7 nitrogen and oxygen atoms in total. The SMILES string of the molecule is COCCOCCOc1cc(N)nc(COC)n1. The molecule has 0 aliphatic rings. The van der Waals surface area contributed by atoms with Crippen LogP contribution in [-0.2, 0) is 20.8 Å². The van der Waals surface area contributed by atoms with Crippen molar-refractivity contribution in [2.45, 2.75) is 6.61 Å². The lowest BCUT2D eigenvalue weighted by molar-refractivity contribution is 0.0535. The van der Waals surface area contributed by atoms with E-state index in [-0.39, 0.29) is 0 Å². The van der Waals surface area contributed by atoms with Crippen molar-refractivity contribution < 1.29 is 18.9 Å². The molecule has 0 saturated carbocycles. The fourth-order valence-electron chi connectivity index (χ4n) is 1.21. The highest BCUT2D eigenvalue weighted by Gasteiger charge is 2.03. The third-order valence-electron chi connectivity index (χ3n) is 1.95. The van der Waals surface area contributed by atoms with Gasteiger partial charge < -0.3 is 24.7 Å². The molecule has 1 rings (SSSR count). The van der Waals surface area contributed by atoms with Crippen molar-refractivity contribution in [2.75, 3.05) is 46.4 Å². The van der Waals surface area contributed by atoms with Gasteiger partial charge in [0.05, 0.1) is 19.8 Å². The third kappa shape index (κ3) is 5.76. The highest BCUT2D eigenvalue weighted by atomic mass is 16.5. The number of rotatable bonds is 9. The molecule has 0 unspecified atom stereocenters. The van der Waals surface area contributed by atoms with E-state index >= 15 is 0 Å². The molecule has 0 amide bonds. The Morgan fingerprint density at radius 2 is 1.83 bits per heavy atom. The predicted octanol–water partition coefficient (Wildman–Crippen LogP) is 0.247. The molecule has 1 aromatic rings. The van der Waals surface area contributed by atoms with Crippen LogP contribution in [0.5, 0.6) is 5.88 Å². The molecule has 1 aromatic heterocycles.